The first-order valence-electron chi connectivity index (χ1n) is 8.90. The van der Waals surface area contributed by atoms with Gasteiger partial charge in [0.15, 0.2) is 0 Å². The van der Waals surface area contributed by atoms with E-state index in [-0.39, 0.29) is 29.0 Å². The molecule has 130 valence electrons. The van der Waals surface area contributed by atoms with E-state index in [0.29, 0.717) is 25.9 Å². The third-order valence-corrected chi connectivity index (χ3v) is 5.22. The van der Waals surface area contributed by atoms with Gasteiger partial charge in [0.2, 0.25) is 11.8 Å². The van der Waals surface area contributed by atoms with Crippen molar-refractivity contribution in [2.24, 2.45) is 5.92 Å². The van der Waals surface area contributed by atoms with Crippen LogP contribution in [0.25, 0.3) is 0 Å². The summed E-state index contributed by atoms with van der Waals surface area (Å²) in [5.41, 5.74) is 1.07. The Balaban J connectivity index is 1.39. The molecular formula is C19H25FN2O2. The van der Waals surface area contributed by atoms with Crippen LogP contribution in [0.5, 0.6) is 0 Å². The fraction of sp³-hybridized carbons (Fsp3) is 0.579. The van der Waals surface area contributed by atoms with E-state index >= 15 is 0 Å². The summed E-state index contributed by atoms with van der Waals surface area (Å²) in [5, 5.41) is 5.89. The molecule has 0 saturated heterocycles. The van der Waals surface area contributed by atoms with Crippen LogP contribution < -0.4 is 10.6 Å². The molecule has 2 saturated carbocycles. The third kappa shape index (κ3) is 4.13. The molecule has 0 aromatic heterocycles. The van der Waals surface area contributed by atoms with Gasteiger partial charge in [-0.1, -0.05) is 18.6 Å². The Hall–Kier alpha value is -1.91. The zero-order chi connectivity index (χ0) is 17.0. The molecule has 4 nitrogen and oxygen atoms in total. The number of nitrogens with one attached hydrogen (secondary N) is 2. The maximum atomic E-state index is 13.1. The number of hydrogen-bond donors (Lipinski definition) is 2. The molecule has 0 atom stereocenters. The summed E-state index contributed by atoms with van der Waals surface area (Å²) in [6, 6.07) is 6.63. The molecule has 1 aromatic carbocycles. The third-order valence-electron chi connectivity index (χ3n) is 5.22. The predicted molar refractivity (Wildman–Crippen MR) is 89.9 cm³/mol. The van der Waals surface area contributed by atoms with Crippen LogP contribution in [0, 0.1) is 11.7 Å². The number of carbonyl (C=O) groups excluding carboxylic acids is 2. The van der Waals surface area contributed by atoms with Gasteiger partial charge < -0.3 is 10.6 Å². The number of carbonyl (C=O) groups is 2. The minimum absolute atomic E-state index is 0.0176. The summed E-state index contributed by atoms with van der Waals surface area (Å²) in [6.07, 6.45) is 6.26. The first-order chi connectivity index (χ1) is 11.6. The summed E-state index contributed by atoms with van der Waals surface area (Å²) in [6.45, 7) is 1.16. The van der Waals surface area contributed by atoms with E-state index in [4.69, 9.17) is 0 Å². The molecule has 2 aliphatic carbocycles. The van der Waals surface area contributed by atoms with Gasteiger partial charge in [-0.2, -0.15) is 0 Å². The summed E-state index contributed by atoms with van der Waals surface area (Å²) in [4.78, 5) is 23.5. The highest BCUT2D eigenvalue weighted by Crippen LogP contribution is 2.43. The lowest BCUT2D eigenvalue weighted by molar-refractivity contribution is -0.123. The molecule has 0 heterocycles. The van der Waals surface area contributed by atoms with Gasteiger partial charge >= 0.3 is 0 Å². The first-order valence-corrected chi connectivity index (χ1v) is 8.90. The van der Waals surface area contributed by atoms with E-state index < -0.39 is 0 Å². The monoisotopic (exact) mass is 332 g/mol. The average Bonchev–Trinajstić information content (AvgIpc) is 3.37. The van der Waals surface area contributed by atoms with Crippen LogP contribution >= 0.6 is 0 Å². The molecule has 2 N–H and O–H groups in total. The van der Waals surface area contributed by atoms with Crippen LogP contribution in [-0.4, -0.2) is 24.9 Å². The Labute approximate surface area is 142 Å². The Morgan fingerprint density at radius 1 is 1.12 bits per heavy atom. The van der Waals surface area contributed by atoms with E-state index in [2.05, 4.69) is 10.6 Å². The summed E-state index contributed by atoms with van der Waals surface area (Å²) in [5.74, 6) is 0.128. The SMILES string of the molecule is O=C(CCCNC(=O)C1CC1)NCC1(c2ccc(F)cc2)CCC1. The highest BCUT2D eigenvalue weighted by Gasteiger charge is 2.38. The standard InChI is InChI=1S/C19H25FN2O2/c20-16-8-6-15(7-9-16)19(10-2-11-19)13-22-17(23)3-1-12-21-18(24)14-4-5-14/h6-9,14H,1-5,10-13H2,(H,21,24)(H,22,23). The average molecular weight is 332 g/mol. The van der Waals surface area contributed by atoms with E-state index in [1.54, 1.807) is 0 Å². The molecule has 3 rings (SSSR count). The molecule has 5 heteroatoms. The lowest BCUT2D eigenvalue weighted by Crippen LogP contribution is -2.45. The Morgan fingerprint density at radius 3 is 2.42 bits per heavy atom. The zero-order valence-electron chi connectivity index (χ0n) is 13.9. The normalized spacial score (nSPS) is 18.5. The van der Waals surface area contributed by atoms with Gasteiger partial charge in [0, 0.05) is 30.8 Å². The van der Waals surface area contributed by atoms with E-state index in [0.717, 1.165) is 37.7 Å². The lowest BCUT2D eigenvalue weighted by Gasteiger charge is -2.42. The molecule has 0 aliphatic heterocycles. The Kier molecular flexibility index (Phi) is 5.17. The van der Waals surface area contributed by atoms with Gasteiger partial charge in [-0.25, -0.2) is 4.39 Å². The fourth-order valence-corrected chi connectivity index (χ4v) is 3.28. The van der Waals surface area contributed by atoms with Crippen molar-refractivity contribution in [1.82, 2.24) is 10.6 Å². The van der Waals surface area contributed by atoms with Crippen LogP contribution in [0.2, 0.25) is 0 Å². The largest absolute Gasteiger partial charge is 0.356 e. The second-order valence-corrected chi connectivity index (χ2v) is 7.09. The van der Waals surface area contributed by atoms with E-state index in [1.165, 1.54) is 12.1 Å². The number of hydrogen-bond acceptors (Lipinski definition) is 2. The van der Waals surface area contributed by atoms with Gasteiger partial charge in [-0.05, 0) is 49.8 Å². The van der Waals surface area contributed by atoms with E-state index in [9.17, 15) is 14.0 Å². The van der Waals surface area contributed by atoms with Crippen molar-refractivity contribution in [3.8, 4) is 0 Å². The zero-order valence-corrected chi connectivity index (χ0v) is 13.9. The molecule has 0 bridgehead atoms. The molecule has 1 aromatic rings. The van der Waals surface area contributed by atoms with Crippen molar-refractivity contribution in [2.45, 2.75) is 50.4 Å². The van der Waals surface area contributed by atoms with Gasteiger partial charge in [-0.3, -0.25) is 9.59 Å². The number of halogens is 1. The van der Waals surface area contributed by atoms with E-state index in [1.807, 2.05) is 12.1 Å². The van der Waals surface area contributed by atoms with Crippen LogP contribution in [0.15, 0.2) is 24.3 Å². The molecule has 0 radical (unpaired) electrons. The molecular weight excluding hydrogens is 307 g/mol. The molecule has 2 amide bonds. The minimum atomic E-state index is -0.231. The second-order valence-electron chi connectivity index (χ2n) is 7.09. The highest BCUT2D eigenvalue weighted by atomic mass is 19.1. The maximum absolute atomic E-state index is 13.1. The lowest BCUT2D eigenvalue weighted by atomic mass is 9.64. The Morgan fingerprint density at radius 2 is 1.83 bits per heavy atom. The fourth-order valence-electron chi connectivity index (χ4n) is 3.28. The topological polar surface area (TPSA) is 58.2 Å². The van der Waals surface area contributed by atoms with Crippen molar-refractivity contribution in [3.05, 3.63) is 35.6 Å². The number of amides is 2. The summed E-state index contributed by atoms with van der Waals surface area (Å²) >= 11 is 0. The summed E-state index contributed by atoms with van der Waals surface area (Å²) < 4.78 is 13.1. The summed E-state index contributed by atoms with van der Waals surface area (Å²) in [7, 11) is 0. The van der Waals surface area contributed by atoms with Crippen molar-refractivity contribution >= 4 is 11.8 Å². The Bertz CT molecular complexity index is 592. The minimum Gasteiger partial charge on any atom is -0.356 e. The van der Waals surface area contributed by atoms with Crippen LogP contribution in [0.3, 0.4) is 0 Å². The first kappa shape index (κ1) is 16.9. The molecule has 0 spiro atoms. The van der Waals surface area contributed by atoms with Crippen LogP contribution in [-0.2, 0) is 15.0 Å². The number of benzene rings is 1. The smallest absolute Gasteiger partial charge is 0.223 e. The van der Waals surface area contributed by atoms with Gasteiger partial charge in [-0.15, -0.1) is 0 Å². The number of rotatable bonds is 8. The van der Waals surface area contributed by atoms with Crippen molar-refractivity contribution < 1.29 is 14.0 Å². The van der Waals surface area contributed by atoms with Gasteiger partial charge in [0.1, 0.15) is 5.82 Å². The van der Waals surface area contributed by atoms with Gasteiger partial charge in [0.05, 0.1) is 0 Å². The van der Waals surface area contributed by atoms with Crippen molar-refractivity contribution in [2.75, 3.05) is 13.1 Å². The maximum Gasteiger partial charge on any atom is 0.223 e. The second kappa shape index (κ2) is 7.32. The quantitative estimate of drug-likeness (QED) is 0.719. The highest BCUT2D eigenvalue weighted by molar-refractivity contribution is 5.81. The molecule has 0 unspecified atom stereocenters. The molecule has 2 aliphatic rings. The molecule has 2 fully saturated rings. The van der Waals surface area contributed by atoms with Crippen LogP contribution in [0.1, 0.15) is 50.5 Å². The van der Waals surface area contributed by atoms with Gasteiger partial charge in [0.25, 0.3) is 0 Å². The van der Waals surface area contributed by atoms with Crippen LogP contribution in [0.4, 0.5) is 4.39 Å². The van der Waals surface area contributed by atoms with Crippen molar-refractivity contribution in [3.63, 3.8) is 0 Å². The van der Waals surface area contributed by atoms with Crippen molar-refractivity contribution in [1.29, 1.82) is 0 Å². The predicted octanol–water partition coefficient (Wildman–Crippen LogP) is 2.67. The molecule has 24 heavy (non-hydrogen) atoms.